The summed E-state index contributed by atoms with van der Waals surface area (Å²) in [5.41, 5.74) is 9.12. The van der Waals surface area contributed by atoms with Crippen LogP contribution in [0.3, 0.4) is 0 Å². The fraction of sp³-hybridized carbons (Fsp3) is 0.412. The number of hydrogen-bond acceptors (Lipinski definition) is 2. The van der Waals surface area contributed by atoms with Crippen molar-refractivity contribution in [2.45, 2.75) is 77.7 Å². The van der Waals surface area contributed by atoms with E-state index < -0.39 is 5.60 Å². The van der Waals surface area contributed by atoms with Gasteiger partial charge in [-0.05, 0) is 78.1 Å². The first kappa shape index (κ1) is 26.2. The maximum atomic E-state index is 10.7. The van der Waals surface area contributed by atoms with Gasteiger partial charge in [-0.1, -0.05) is 87.2 Å². The first-order valence-corrected chi connectivity index (χ1v) is 13.5. The molecule has 1 aliphatic rings. The number of rotatable bonds is 6. The molecule has 3 aromatic rings. The van der Waals surface area contributed by atoms with E-state index in [0.29, 0.717) is 26.1 Å². The SMILES string of the molecule is CCc1ccc(-c2ccc(C(CC)(CC)c3ccc(C#CC4(O)CCOCC4)c(C)c3)cc2C)cc1. The average Bonchev–Trinajstić information content (AvgIpc) is 2.90. The Kier molecular flexibility index (Phi) is 8.04. The van der Waals surface area contributed by atoms with Crippen molar-refractivity contribution in [2.24, 2.45) is 0 Å². The van der Waals surface area contributed by atoms with Crippen molar-refractivity contribution in [2.75, 3.05) is 13.2 Å². The van der Waals surface area contributed by atoms with Crippen molar-refractivity contribution < 1.29 is 9.84 Å². The zero-order valence-corrected chi connectivity index (χ0v) is 22.6. The van der Waals surface area contributed by atoms with Gasteiger partial charge in [0.1, 0.15) is 5.60 Å². The second-order valence-electron chi connectivity index (χ2n) is 10.3. The van der Waals surface area contributed by atoms with E-state index in [1.807, 2.05) is 0 Å². The molecule has 188 valence electrons. The Morgan fingerprint density at radius 3 is 2.00 bits per heavy atom. The highest BCUT2D eigenvalue weighted by atomic mass is 16.5. The van der Waals surface area contributed by atoms with Crippen LogP contribution in [0.25, 0.3) is 11.1 Å². The number of aliphatic hydroxyl groups is 1. The molecule has 0 radical (unpaired) electrons. The normalized spacial score (nSPS) is 15.3. The summed E-state index contributed by atoms with van der Waals surface area (Å²) in [6.45, 7) is 12.3. The van der Waals surface area contributed by atoms with Gasteiger partial charge in [-0.2, -0.15) is 0 Å². The van der Waals surface area contributed by atoms with Crippen LogP contribution in [0.2, 0.25) is 0 Å². The molecule has 1 aliphatic heterocycles. The molecule has 0 unspecified atom stereocenters. The molecule has 1 N–H and O–H groups in total. The van der Waals surface area contributed by atoms with E-state index in [-0.39, 0.29) is 5.41 Å². The largest absolute Gasteiger partial charge is 0.381 e. The van der Waals surface area contributed by atoms with Gasteiger partial charge >= 0.3 is 0 Å². The van der Waals surface area contributed by atoms with E-state index in [4.69, 9.17) is 4.74 Å². The Bertz CT molecular complexity index is 1250. The van der Waals surface area contributed by atoms with Crippen molar-refractivity contribution in [3.8, 4) is 23.0 Å². The Labute approximate surface area is 217 Å². The third kappa shape index (κ3) is 5.29. The predicted molar refractivity (Wildman–Crippen MR) is 150 cm³/mol. The van der Waals surface area contributed by atoms with Crippen LogP contribution in [-0.2, 0) is 16.6 Å². The van der Waals surface area contributed by atoms with E-state index in [0.717, 1.165) is 30.4 Å². The Morgan fingerprint density at radius 1 is 0.833 bits per heavy atom. The molecule has 0 aromatic heterocycles. The first-order chi connectivity index (χ1) is 17.3. The van der Waals surface area contributed by atoms with Crippen LogP contribution in [0.4, 0.5) is 0 Å². The number of ether oxygens (including phenoxy) is 1. The topological polar surface area (TPSA) is 29.5 Å². The Balaban J connectivity index is 1.67. The van der Waals surface area contributed by atoms with Gasteiger partial charge in [-0.3, -0.25) is 0 Å². The Hall–Kier alpha value is -2.86. The second kappa shape index (κ2) is 11.0. The van der Waals surface area contributed by atoms with Gasteiger partial charge in [0.25, 0.3) is 0 Å². The molecule has 2 nitrogen and oxygen atoms in total. The monoisotopic (exact) mass is 480 g/mol. The molecule has 3 aromatic carbocycles. The quantitative estimate of drug-likeness (QED) is 0.370. The summed E-state index contributed by atoms with van der Waals surface area (Å²) in [6.07, 6.45) is 4.26. The van der Waals surface area contributed by atoms with Gasteiger partial charge in [-0.15, -0.1) is 0 Å². The summed E-state index contributed by atoms with van der Waals surface area (Å²) < 4.78 is 5.38. The minimum Gasteiger partial charge on any atom is -0.381 e. The second-order valence-corrected chi connectivity index (χ2v) is 10.3. The molecule has 0 atom stereocenters. The summed E-state index contributed by atoms with van der Waals surface area (Å²) in [6, 6.07) is 22.7. The standard InChI is InChI=1S/C34H40O2/c1-6-27-9-11-29(12-10-27)32-16-15-31(24-26(32)5)34(7-2,8-3)30-14-13-28(25(4)23-30)17-18-33(35)19-21-36-22-20-33/h9-16,23-24,35H,6-8,19-22H2,1-5H3. The van der Waals surface area contributed by atoms with Crippen molar-refractivity contribution in [1.82, 2.24) is 0 Å². The van der Waals surface area contributed by atoms with Crippen LogP contribution in [0.5, 0.6) is 0 Å². The molecule has 0 saturated carbocycles. The molecule has 1 heterocycles. The van der Waals surface area contributed by atoms with Gasteiger partial charge in [0.15, 0.2) is 0 Å². The van der Waals surface area contributed by atoms with E-state index in [9.17, 15) is 5.11 Å². The van der Waals surface area contributed by atoms with Crippen molar-refractivity contribution >= 4 is 0 Å². The van der Waals surface area contributed by atoms with Crippen LogP contribution in [0.15, 0.2) is 60.7 Å². The van der Waals surface area contributed by atoms with Gasteiger partial charge in [0.2, 0.25) is 0 Å². The zero-order chi connectivity index (χ0) is 25.8. The molecule has 0 spiro atoms. The fourth-order valence-electron chi connectivity index (χ4n) is 5.56. The molecule has 0 amide bonds. The first-order valence-electron chi connectivity index (χ1n) is 13.5. The van der Waals surface area contributed by atoms with Crippen molar-refractivity contribution in [3.05, 3.63) is 94.0 Å². The van der Waals surface area contributed by atoms with Crippen LogP contribution in [0.1, 0.15) is 79.8 Å². The molecule has 0 bridgehead atoms. The predicted octanol–water partition coefficient (Wildman–Crippen LogP) is 7.53. The van der Waals surface area contributed by atoms with Gasteiger partial charge in [0, 0.05) is 23.8 Å². The lowest BCUT2D eigenvalue weighted by Gasteiger charge is -2.34. The summed E-state index contributed by atoms with van der Waals surface area (Å²) in [5, 5.41) is 10.7. The van der Waals surface area contributed by atoms with E-state index in [2.05, 4.69) is 107 Å². The van der Waals surface area contributed by atoms with E-state index >= 15 is 0 Å². The molecular formula is C34H40O2. The van der Waals surface area contributed by atoms with Gasteiger partial charge in [0.05, 0.1) is 13.2 Å². The number of hydrogen-bond donors (Lipinski definition) is 1. The lowest BCUT2D eigenvalue weighted by atomic mass is 9.69. The summed E-state index contributed by atoms with van der Waals surface area (Å²) in [4.78, 5) is 0. The van der Waals surface area contributed by atoms with Gasteiger partial charge < -0.3 is 9.84 Å². The molecular weight excluding hydrogens is 440 g/mol. The van der Waals surface area contributed by atoms with Crippen molar-refractivity contribution in [3.63, 3.8) is 0 Å². The van der Waals surface area contributed by atoms with Crippen LogP contribution in [0, 0.1) is 25.7 Å². The van der Waals surface area contributed by atoms with Crippen molar-refractivity contribution in [1.29, 1.82) is 0 Å². The third-order valence-electron chi connectivity index (χ3n) is 8.19. The highest BCUT2D eigenvalue weighted by molar-refractivity contribution is 5.68. The maximum Gasteiger partial charge on any atom is 0.130 e. The van der Waals surface area contributed by atoms with E-state index in [1.54, 1.807) is 0 Å². The maximum absolute atomic E-state index is 10.7. The smallest absolute Gasteiger partial charge is 0.130 e. The minimum atomic E-state index is -0.934. The van der Waals surface area contributed by atoms with Gasteiger partial charge in [-0.25, -0.2) is 0 Å². The summed E-state index contributed by atoms with van der Waals surface area (Å²) in [5.74, 6) is 6.40. The molecule has 2 heteroatoms. The third-order valence-corrected chi connectivity index (χ3v) is 8.19. The number of benzene rings is 3. The van der Waals surface area contributed by atoms with Crippen LogP contribution in [-0.4, -0.2) is 23.9 Å². The summed E-state index contributed by atoms with van der Waals surface area (Å²) >= 11 is 0. The summed E-state index contributed by atoms with van der Waals surface area (Å²) in [7, 11) is 0. The highest BCUT2D eigenvalue weighted by Gasteiger charge is 2.31. The number of aryl methyl sites for hydroxylation is 3. The fourth-order valence-corrected chi connectivity index (χ4v) is 5.56. The Morgan fingerprint density at radius 2 is 1.44 bits per heavy atom. The molecule has 4 rings (SSSR count). The zero-order valence-electron chi connectivity index (χ0n) is 22.6. The lowest BCUT2D eigenvalue weighted by molar-refractivity contribution is -0.0261. The van der Waals surface area contributed by atoms with E-state index in [1.165, 1.54) is 33.4 Å². The van der Waals surface area contributed by atoms with Crippen LogP contribution < -0.4 is 0 Å². The van der Waals surface area contributed by atoms with Crippen LogP contribution >= 0.6 is 0 Å². The lowest BCUT2D eigenvalue weighted by Crippen LogP contribution is -2.34. The minimum absolute atomic E-state index is 0.0506. The highest BCUT2D eigenvalue weighted by Crippen LogP contribution is 2.41. The molecule has 36 heavy (non-hydrogen) atoms. The molecule has 0 aliphatic carbocycles. The molecule has 1 saturated heterocycles. The molecule has 1 fully saturated rings. The average molecular weight is 481 g/mol.